The first-order valence-electron chi connectivity index (χ1n) is 8.29. The molecule has 2 aromatic carbocycles. The average molecular weight is 338 g/mol. The molecule has 2 rings (SSSR count). The van der Waals surface area contributed by atoms with Gasteiger partial charge < -0.3 is 14.8 Å². The van der Waals surface area contributed by atoms with Gasteiger partial charge in [0.2, 0.25) is 5.91 Å². The molecule has 0 heterocycles. The summed E-state index contributed by atoms with van der Waals surface area (Å²) in [7, 11) is 0. The number of hydrogen-bond acceptors (Lipinski definition) is 4. The van der Waals surface area contributed by atoms with Crippen molar-refractivity contribution in [1.29, 1.82) is 5.26 Å². The first-order chi connectivity index (χ1) is 12.2. The fourth-order valence-corrected chi connectivity index (χ4v) is 2.31. The van der Waals surface area contributed by atoms with Gasteiger partial charge in [0, 0.05) is 6.54 Å². The summed E-state index contributed by atoms with van der Waals surface area (Å²) in [5.74, 6) is 1.14. The minimum atomic E-state index is -0.254. The molecule has 0 spiro atoms. The standard InChI is InChI=1S/C20H22N2O3/c1-2-24-19-14-16(11-13-22-20(23)10-12-21)8-9-18(19)25-15-17-6-4-3-5-7-17/h3-9,14H,2,10-11,13,15H2,1H3,(H,22,23). The second-order valence-corrected chi connectivity index (χ2v) is 5.42. The summed E-state index contributed by atoms with van der Waals surface area (Å²) in [4.78, 5) is 11.3. The summed E-state index contributed by atoms with van der Waals surface area (Å²) < 4.78 is 11.6. The lowest BCUT2D eigenvalue weighted by atomic mass is 10.1. The number of amides is 1. The molecular weight excluding hydrogens is 316 g/mol. The van der Waals surface area contributed by atoms with Gasteiger partial charge in [0.1, 0.15) is 13.0 Å². The van der Waals surface area contributed by atoms with Crippen LogP contribution in [0.1, 0.15) is 24.5 Å². The highest BCUT2D eigenvalue weighted by molar-refractivity contribution is 5.77. The number of rotatable bonds is 9. The third-order valence-corrected chi connectivity index (χ3v) is 3.52. The minimum absolute atomic E-state index is 0.115. The minimum Gasteiger partial charge on any atom is -0.490 e. The second kappa shape index (κ2) is 9.99. The Hall–Kier alpha value is -3.00. The van der Waals surface area contributed by atoms with Crippen LogP contribution in [0.15, 0.2) is 48.5 Å². The van der Waals surface area contributed by atoms with Crippen molar-refractivity contribution in [3.63, 3.8) is 0 Å². The maximum Gasteiger partial charge on any atom is 0.234 e. The fourth-order valence-electron chi connectivity index (χ4n) is 2.31. The summed E-state index contributed by atoms with van der Waals surface area (Å²) in [5, 5.41) is 11.2. The zero-order chi connectivity index (χ0) is 17.9. The summed E-state index contributed by atoms with van der Waals surface area (Å²) >= 11 is 0. The molecule has 0 unspecified atom stereocenters. The lowest BCUT2D eigenvalue weighted by Crippen LogP contribution is -2.24. The van der Waals surface area contributed by atoms with Crippen LogP contribution in [0.25, 0.3) is 0 Å². The number of hydrogen-bond donors (Lipinski definition) is 1. The van der Waals surface area contributed by atoms with Crippen LogP contribution in [0, 0.1) is 11.3 Å². The Morgan fingerprint density at radius 1 is 1.08 bits per heavy atom. The summed E-state index contributed by atoms with van der Waals surface area (Å²) in [6.07, 6.45) is 0.548. The highest BCUT2D eigenvalue weighted by atomic mass is 16.5. The molecule has 0 bridgehead atoms. The van der Waals surface area contributed by atoms with Crippen LogP contribution in [-0.4, -0.2) is 19.1 Å². The summed E-state index contributed by atoms with van der Waals surface area (Å²) in [6.45, 7) is 3.43. The maximum atomic E-state index is 11.3. The Labute approximate surface area is 148 Å². The van der Waals surface area contributed by atoms with Crippen LogP contribution in [0.2, 0.25) is 0 Å². The van der Waals surface area contributed by atoms with Gasteiger partial charge in [-0.1, -0.05) is 36.4 Å². The van der Waals surface area contributed by atoms with Gasteiger partial charge in [-0.05, 0) is 36.6 Å². The van der Waals surface area contributed by atoms with E-state index in [1.165, 1.54) is 0 Å². The van der Waals surface area contributed by atoms with Crippen LogP contribution in [0.5, 0.6) is 11.5 Å². The molecule has 130 valence electrons. The molecule has 0 aliphatic heterocycles. The molecule has 0 saturated heterocycles. The van der Waals surface area contributed by atoms with E-state index < -0.39 is 0 Å². The van der Waals surface area contributed by atoms with E-state index in [0.717, 1.165) is 11.1 Å². The zero-order valence-electron chi connectivity index (χ0n) is 14.3. The smallest absolute Gasteiger partial charge is 0.234 e. The van der Waals surface area contributed by atoms with Gasteiger partial charge in [0.25, 0.3) is 0 Å². The van der Waals surface area contributed by atoms with Gasteiger partial charge >= 0.3 is 0 Å². The molecule has 0 aliphatic rings. The molecule has 0 saturated carbocycles. The van der Waals surface area contributed by atoms with Gasteiger partial charge in [-0.2, -0.15) is 5.26 Å². The number of ether oxygens (including phenoxy) is 2. The van der Waals surface area contributed by atoms with E-state index in [2.05, 4.69) is 5.32 Å². The van der Waals surface area contributed by atoms with Gasteiger partial charge in [-0.3, -0.25) is 4.79 Å². The van der Waals surface area contributed by atoms with Crippen molar-refractivity contribution >= 4 is 5.91 Å². The molecule has 0 aliphatic carbocycles. The Morgan fingerprint density at radius 3 is 2.60 bits per heavy atom. The van der Waals surface area contributed by atoms with E-state index in [0.29, 0.717) is 37.7 Å². The van der Waals surface area contributed by atoms with Crippen LogP contribution in [0.3, 0.4) is 0 Å². The molecule has 0 radical (unpaired) electrons. The number of carbonyl (C=O) groups excluding carboxylic acids is 1. The third-order valence-electron chi connectivity index (χ3n) is 3.52. The van der Waals surface area contributed by atoms with Crippen molar-refractivity contribution in [3.05, 3.63) is 59.7 Å². The van der Waals surface area contributed by atoms with E-state index in [-0.39, 0.29) is 12.3 Å². The van der Waals surface area contributed by atoms with Gasteiger partial charge in [-0.25, -0.2) is 0 Å². The zero-order valence-corrected chi connectivity index (χ0v) is 14.3. The number of nitriles is 1. The van der Waals surface area contributed by atoms with Gasteiger partial charge in [0.05, 0.1) is 12.7 Å². The van der Waals surface area contributed by atoms with Crippen LogP contribution >= 0.6 is 0 Å². The molecule has 5 nitrogen and oxygen atoms in total. The monoisotopic (exact) mass is 338 g/mol. The van der Waals surface area contributed by atoms with Crippen molar-refractivity contribution in [2.75, 3.05) is 13.2 Å². The highest BCUT2D eigenvalue weighted by Gasteiger charge is 2.08. The van der Waals surface area contributed by atoms with Crippen molar-refractivity contribution in [3.8, 4) is 17.6 Å². The molecule has 0 aromatic heterocycles. The lowest BCUT2D eigenvalue weighted by Gasteiger charge is -2.14. The quantitative estimate of drug-likeness (QED) is 0.762. The molecule has 1 N–H and O–H groups in total. The van der Waals surface area contributed by atoms with Crippen molar-refractivity contribution in [2.45, 2.75) is 26.4 Å². The van der Waals surface area contributed by atoms with Crippen LogP contribution in [0.4, 0.5) is 0 Å². The average Bonchev–Trinajstić information content (AvgIpc) is 2.62. The Balaban J connectivity index is 1.96. The van der Waals surface area contributed by atoms with Gasteiger partial charge in [-0.15, -0.1) is 0 Å². The molecule has 1 amide bonds. The van der Waals surface area contributed by atoms with Gasteiger partial charge in [0.15, 0.2) is 11.5 Å². The predicted octanol–water partition coefficient (Wildman–Crippen LogP) is 3.24. The number of nitrogens with zero attached hydrogens (tertiary/aromatic N) is 1. The molecule has 5 heteroatoms. The molecular formula is C20H22N2O3. The number of benzene rings is 2. The molecule has 0 atom stereocenters. The van der Waals surface area contributed by atoms with Crippen molar-refractivity contribution < 1.29 is 14.3 Å². The molecule has 2 aromatic rings. The topological polar surface area (TPSA) is 71.3 Å². The third kappa shape index (κ3) is 6.19. The molecule has 0 fully saturated rings. The Bertz CT molecular complexity index is 723. The van der Waals surface area contributed by atoms with Crippen LogP contribution in [-0.2, 0) is 17.8 Å². The predicted molar refractivity (Wildman–Crippen MR) is 95.3 cm³/mol. The first-order valence-corrected chi connectivity index (χ1v) is 8.29. The largest absolute Gasteiger partial charge is 0.490 e. The van der Waals surface area contributed by atoms with E-state index >= 15 is 0 Å². The van der Waals surface area contributed by atoms with E-state index in [1.807, 2.05) is 61.5 Å². The first kappa shape index (κ1) is 18.3. The second-order valence-electron chi connectivity index (χ2n) is 5.42. The maximum absolute atomic E-state index is 11.3. The normalized spacial score (nSPS) is 9.92. The highest BCUT2D eigenvalue weighted by Crippen LogP contribution is 2.29. The fraction of sp³-hybridized carbons (Fsp3) is 0.300. The summed E-state index contributed by atoms with van der Waals surface area (Å²) in [5.41, 5.74) is 2.13. The Morgan fingerprint density at radius 2 is 1.88 bits per heavy atom. The number of carbonyl (C=O) groups is 1. The summed E-state index contributed by atoms with van der Waals surface area (Å²) in [6, 6.07) is 17.6. The lowest BCUT2D eigenvalue weighted by molar-refractivity contribution is -0.120. The number of nitrogens with one attached hydrogen (secondary N) is 1. The molecule has 25 heavy (non-hydrogen) atoms. The van der Waals surface area contributed by atoms with Crippen molar-refractivity contribution in [1.82, 2.24) is 5.32 Å². The van der Waals surface area contributed by atoms with E-state index in [4.69, 9.17) is 14.7 Å². The van der Waals surface area contributed by atoms with Crippen LogP contribution < -0.4 is 14.8 Å². The van der Waals surface area contributed by atoms with E-state index in [9.17, 15) is 4.79 Å². The Kier molecular flexibility index (Phi) is 7.33. The van der Waals surface area contributed by atoms with E-state index in [1.54, 1.807) is 0 Å². The SMILES string of the molecule is CCOc1cc(CCNC(=O)CC#N)ccc1OCc1ccccc1. The van der Waals surface area contributed by atoms with Crippen molar-refractivity contribution in [2.24, 2.45) is 0 Å².